The minimum Gasteiger partial charge on any atom is -0.397 e. The Bertz CT molecular complexity index is 506. The number of benzene rings is 1. The second-order valence-electron chi connectivity index (χ2n) is 3.74. The fraction of sp³-hybridized carbons (Fsp3) is 0.300. The van der Waals surface area contributed by atoms with Gasteiger partial charge >= 0.3 is 0 Å². The smallest absolute Gasteiger partial charge is 0.184 e. The van der Waals surface area contributed by atoms with E-state index in [0.717, 1.165) is 5.56 Å². The van der Waals surface area contributed by atoms with Crippen LogP contribution in [0.3, 0.4) is 0 Å². The monoisotopic (exact) mass is 237 g/mol. The van der Waals surface area contributed by atoms with Gasteiger partial charge in [0, 0.05) is 5.56 Å². The molecule has 0 aliphatic heterocycles. The Morgan fingerprint density at radius 2 is 2.12 bits per heavy atom. The molecule has 6 heteroatoms. The van der Waals surface area contributed by atoms with E-state index in [9.17, 15) is 0 Å². The molecule has 1 aromatic heterocycles. The van der Waals surface area contributed by atoms with Gasteiger partial charge in [0.1, 0.15) is 0 Å². The summed E-state index contributed by atoms with van der Waals surface area (Å²) in [6, 6.07) is 5.59. The number of anilines is 1. The normalized spacial score (nSPS) is 11.0. The summed E-state index contributed by atoms with van der Waals surface area (Å²) in [5.41, 5.74) is 7.16. The molecule has 0 unspecified atom stereocenters. The van der Waals surface area contributed by atoms with Gasteiger partial charge in [-0.3, -0.25) is 0 Å². The Labute approximate surface area is 98.2 Å². The van der Waals surface area contributed by atoms with Crippen LogP contribution in [0.25, 0.3) is 11.4 Å². The molecule has 0 aliphatic carbocycles. The second kappa shape index (κ2) is 4.09. The average Bonchev–Trinajstić information content (AvgIpc) is 2.70. The van der Waals surface area contributed by atoms with Gasteiger partial charge in [-0.1, -0.05) is 17.7 Å². The van der Waals surface area contributed by atoms with Crippen LogP contribution in [0, 0.1) is 0 Å². The molecule has 0 spiro atoms. The molecular weight excluding hydrogens is 226 g/mol. The van der Waals surface area contributed by atoms with Crippen LogP contribution in [0.15, 0.2) is 18.2 Å². The van der Waals surface area contributed by atoms with Gasteiger partial charge in [0.25, 0.3) is 0 Å². The van der Waals surface area contributed by atoms with Gasteiger partial charge in [-0.25, -0.2) is 4.68 Å². The molecule has 84 valence electrons. The number of tetrazole rings is 1. The van der Waals surface area contributed by atoms with Crippen molar-refractivity contribution < 1.29 is 0 Å². The van der Waals surface area contributed by atoms with Crippen molar-refractivity contribution >= 4 is 17.3 Å². The van der Waals surface area contributed by atoms with E-state index in [4.69, 9.17) is 17.3 Å². The number of rotatable bonds is 2. The SMILES string of the molecule is CC(C)n1nnnc1-c1cccc(Cl)c1N. The van der Waals surface area contributed by atoms with Crippen LogP contribution in [0.4, 0.5) is 5.69 Å². The fourth-order valence-corrected chi connectivity index (χ4v) is 1.63. The maximum atomic E-state index is 5.96. The van der Waals surface area contributed by atoms with E-state index in [0.29, 0.717) is 16.5 Å². The Morgan fingerprint density at radius 3 is 2.81 bits per heavy atom. The quantitative estimate of drug-likeness (QED) is 0.813. The summed E-state index contributed by atoms with van der Waals surface area (Å²) in [6.45, 7) is 4.00. The minimum atomic E-state index is 0.170. The van der Waals surface area contributed by atoms with Crippen LogP contribution in [-0.2, 0) is 0 Å². The van der Waals surface area contributed by atoms with Crippen molar-refractivity contribution in [1.29, 1.82) is 0 Å². The Morgan fingerprint density at radius 1 is 1.38 bits per heavy atom. The number of nitrogens with zero attached hydrogens (tertiary/aromatic N) is 4. The van der Waals surface area contributed by atoms with E-state index >= 15 is 0 Å². The average molecular weight is 238 g/mol. The summed E-state index contributed by atoms with van der Waals surface area (Å²) >= 11 is 5.96. The lowest BCUT2D eigenvalue weighted by Gasteiger charge is -2.09. The fourth-order valence-electron chi connectivity index (χ4n) is 1.45. The number of para-hydroxylation sites is 1. The molecular formula is C10H12ClN5. The van der Waals surface area contributed by atoms with Gasteiger partial charge < -0.3 is 5.73 Å². The van der Waals surface area contributed by atoms with Gasteiger partial charge in [-0.05, 0) is 36.4 Å². The molecule has 5 nitrogen and oxygen atoms in total. The van der Waals surface area contributed by atoms with Crippen LogP contribution < -0.4 is 5.73 Å². The van der Waals surface area contributed by atoms with Crippen molar-refractivity contribution in [3.05, 3.63) is 23.2 Å². The number of hydrogen-bond donors (Lipinski definition) is 1. The highest BCUT2D eigenvalue weighted by Gasteiger charge is 2.14. The highest BCUT2D eigenvalue weighted by molar-refractivity contribution is 6.33. The lowest BCUT2D eigenvalue weighted by atomic mass is 10.1. The van der Waals surface area contributed by atoms with E-state index in [1.54, 1.807) is 10.7 Å². The van der Waals surface area contributed by atoms with Crippen LogP contribution >= 0.6 is 11.6 Å². The van der Waals surface area contributed by atoms with Crippen LogP contribution in [0.1, 0.15) is 19.9 Å². The zero-order valence-corrected chi connectivity index (χ0v) is 9.81. The lowest BCUT2D eigenvalue weighted by molar-refractivity contribution is 0.519. The maximum Gasteiger partial charge on any atom is 0.184 e. The molecule has 0 atom stereocenters. The molecule has 0 radical (unpaired) electrons. The first-order valence-corrected chi connectivity index (χ1v) is 5.31. The molecule has 1 aromatic carbocycles. The van der Waals surface area contributed by atoms with Gasteiger partial charge in [0.15, 0.2) is 5.82 Å². The first kappa shape index (κ1) is 10.9. The zero-order chi connectivity index (χ0) is 11.7. The number of hydrogen-bond acceptors (Lipinski definition) is 4. The van der Waals surface area contributed by atoms with Crippen molar-refractivity contribution in [1.82, 2.24) is 20.2 Å². The molecule has 0 aliphatic rings. The summed E-state index contributed by atoms with van der Waals surface area (Å²) in [6.07, 6.45) is 0. The summed E-state index contributed by atoms with van der Waals surface area (Å²) < 4.78 is 1.71. The third kappa shape index (κ3) is 1.74. The summed E-state index contributed by atoms with van der Waals surface area (Å²) in [5.74, 6) is 0.634. The first-order valence-electron chi connectivity index (χ1n) is 4.93. The molecule has 2 aromatic rings. The Kier molecular flexibility index (Phi) is 2.78. The highest BCUT2D eigenvalue weighted by Crippen LogP contribution is 2.30. The molecule has 1 heterocycles. The van der Waals surface area contributed by atoms with Crippen molar-refractivity contribution in [3.8, 4) is 11.4 Å². The molecule has 2 rings (SSSR count). The van der Waals surface area contributed by atoms with Crippen LogP contribution in [0.5, 0.6) is 0 Å². The largest absolute Gasteiger partial charge is 0.397 e. The minimum absolute atomic E-state index is 0.170. The second-order valence-corrected chi connectivity index (χ2v) is 4.15. The van der Waals surface area contributed by atoms with Gasteiger partial charge in [-0.2, -0.15) is 0 Å². The van der Waals surface area contributed by atoms with Crippen LogP contribution in [-0.4, -0.2) is 20.2 Å². The van der Waals surface area contributed by atoms with Gasteiger partial charge in [0.2, 0.25) is 0 Å². The molecule has 0 saturated heterocycles. The van der Waals surface area contributed by atoms with E-state index in [1.165, 1.54) is 0 Å². The molecule has 0 amide bonds. The lowest BCUT2D eigenvalue weighted by Crippen LogP contribution is -2.06. The first-order chi connectivity index (χ1) is 7.61. The predicted octanol–water partition coefficient (Wildman–Crippen LogP) is 2.16. The van der Waals surface area contributed by atoms with Crippen molar-refractivity contribution in [2.24, 2.45) is 0 Å². The third-order valence-corrected chi connectivity index (χ3v) is 2.61. The molecule has 0 fully saturated rings. The van der Waals surface area contributed by atoms with Crippen molar-refractivity contribution in [2.75, 3.05) is 5.73 Å². The van der Waals surface area contributed by atoms with E-state index in [2.05, 4.69) is 15.5 Å². The molecule has 0 bridgehead atoms. The maximum absolute atomic E-state index is 5.96. The van der Waals surface area contributed by atoms with Crippen LogP contribution in [0.2, 0.25) is 5.02 Å². The molecule has 16 heavy (non-hydrogen) atoms. The van der Waals surface area contributed by atoms with E-state index < -0.39 is 0 Å². The summed E-state index contributed by atoms with van der Waals surface area (Å²) in [4.78, 5) is 0. The topological polar surface area (TPSA) is 69.6 Å². The third-order valence-electron chi connectivity index (χ3n) is 2.28. The standard InChI is InChI=1S/C10H12ClN5/c1-6(2)16-10(13-14-15-16)7-4-3-5-8(11)9(7)12/h3-6H,12H2,1-2H3. The number of nitrogen functional groups attached to an aromatic ring is 1. The van der Waals surface area contributed by atoms with Gasteiger partial charge in [-0.15, -0.1) is 5.10 Å². The van der Waals surface area contributed by atoms with E-state index in [1.807, 2.05) is 26.0 Å². The highest BCUT2D eigenvalue weighted by atomic mass is 35.5. The summed E-state index contributed by atoms with van der Waals surface area (Å²) in [5, 5.41) is 12.1. The summed E-state index contributed by atoms with van der Waals surface area (Å²) in [7, 11) is 0. The zero-order valence-electron chi connectivity index (χ0n) is 9.05. The molecule has 0 saturated carbocycles. The number of aromatic nitrogens is 4. The number of nitrogens with two attached hydrogens (primary N) is 1. The number of halogens is 1. The molecule has 2 N–H and O–H groups in total. The van der Waals surface area contributed by atoms with Crippen molar-refractivity contribution in [2.45, 2.75) is 19.9 Å². The van der Waals surface area contributed by atoms with Crippen molar-refractivity contribution in [3.63, 3.8) is 0 Å². The van der Waals surface area contributed by atoms with E-state index in [-0.39, 0.29) is 6.04 Å². The van der Waals surface area contributed by atoms with Gasteiger partial charge in [0.05, 0.1) is 16.8 Å². The Hall–Kier alpha value is -1.62. The Balaban J connectivity index is 2.59. The predicted molar refractivity (Wildman–Crippen MR) is 63.1 cm³/mol.